The third-order valence-corrected chi connectivity index (χ3v) is 9.42. The fourth-order valence-electron chi connectivity index (χ4n) is 6.83. The maximum Gasteiger partial charge on any atom is 0.197 e. The molecule has 260 valence electrons. The molecule has 0 saturated carbocycles. The molecular formula is C26H42O19. The zero-order chi connectivity index (χ0) is 32.4. The summed E-state index contributed by atoms with van der Waals surface area (Å²) in [4.78, 5) is 0. The minimum Gasteiger partial charge on any atom is -0.394 e. The van der Waals surface area contributed by atoms with Gasteiger partial charge < -0.3 is 93.7 Å². The van der Waals surface area contributed by atoms with Crippen molar-refractivity contribution >= 4 is 0 Å². The van der Waals surface area contributed by atoms with E-state index in [4.69, 9.17) is 42.6 Å². The fraction of sp³-hybridized carbons (Fsp3) is 1.00. The highest BCUT2D eigenvalue weighted by atomic mass is 16.8. The van der Waals surface area contributed by atoms with Crippen molar-refractivity contribution in [1.82, 2.24) is 0 Å². The summed E-state index contributed by atoms with van der Waals surface area (Å²) in [6, 6.07) is 0. The van der Waals surface area contributed by atoms with Crippen molar-refractivity contribution in [3.63, 3.8) is 0 Å². The van der Waals surface area contributed by atoms with Gasteiger partial charge in [0, 0.05) is 6.42 Å². The molecule has 6 saturated heterocycles. The maximum atomic E-state index is 11.2. The molecule has 6 rings (SSSR count). The Kier molecular flexibility index (Phi) is 10.1. The molecule has 6 aliphatic rings. The first-order valence-electron chi connectivity index (χ1n) is 15.0. The summed E-state index contributed by atoms with van der Waals surface area (Å²) in [6.07, 6.45) is -26.3. The largest absolute Gasteiger partial charge is 0.394 e. The van der Waals surface area contributed by atoms with E-state index in [1.165, 1.54) is 0 Å². The lowest BCUT2D eigenvalue weighted by molar-refractivity contribution is -0.399. The van der Waals surface area contributed by atoms with Crippen molar-refractivity contribution in [2.45, 2.75) is 136 Å². The Morgan fingerprint density at radius 3 is 1.87 bits per heavy atom. The third kappa shape index (κ3) is 5.84. The van der Waals surface area contributed by atoms with Gasteiger partial charge in [-0.05, 0) is 0 Å². The minimum atomic E-state index is -1.92. The van der Waals surface area contributed by atoms with Crippen LogP contribution in [0.3, 0.4) is 0 Å². The normalized spacial score (nSPS) is 56.5. The molecule has 45 heavy (non-hydrogen) atoms. The van der Waals surface area contributed by atoms with E-state index >= 15 is 0 Å². The summed E-state index contributed by atoms with van der Waals surface area (Å²) in [7, 11) is 0. The van der Waals surface area contributed by atoms with Gasteiger partial charge in [-0.3, -0.25) is 0 Å². The average Bonchev–Trinajstić information content (AvgIpc) is 3.52. The number of hydrogen-bond acceptors (Lipinski definition) is 19. The van der Waals surface area contributed by atoms with Crippen LogP contribution in [0.4, 0.5) is 0 Å². The number of rotatable bonds is 9. The second-order valence-corrected chi connectivity index (χ2v) is 12.1. The summed E-state index contributed by atoms with van der Waals surface area (Å²) in [5.41, 5.74) is 0. The summed E-state index contributed by atoms with van der Waals surface area (Å²) < 4.78 is 51.5. The number of ether oxygens (including phenoxy) is 9. The van der Waals surface area contributed by atoms with Gasteiger partial charge >= 0.3 is 0 Å². The van der Waals surface area contributed by atoms with Crippen molar-refractivity contribution in [2.24, 2.45) is 0 Å². The number of fused-ring (bicyclic) bond motifs is 4. The van der Waals surface area contributed by atoms with Gasteiger partial charge in [0.05, 0.1) is 26.4 Å². The summed E-state index contributed by atoms with van der Waals surface area (Å²) in [6.45, 7) is 0.0572. The molecule has 6 aliphatic heterocycles. The second-order valence-electron chi connectivity index (χ2n) is 12.1. The molecule has 0 aromatic rings. The Morgan fingerprint density at radius 2 is 1.22 bits per heavy atom. The average molecular weight is 659 g/mol. The highest BCUT2D eigenvalue weighted by molar-refractivity contribution is 5.03. The highest BCUT2D eigenvalue weighted by Gasteiger charge is 2.61. The van der Waals surface area contributed by atoms with E-state index in [1.54, 1.807) is 6.92 Å². The van der Waals surface area contributed by atoms with Crippen molar-refractivity contribution < 1.29 is 93.7 Å². The topological polar surface area (TPSA) is 285 Å². The monoisotopic (exact) mass is 658 g/mol. The van der Waals surface area contributed by atoms with Gasteiger partial charge in [-0.25, -0.2) is 0 Å². The predicted octanol–water partition coefficient (Wildman–Crippen LogP) is -6.88. The zero-order valence-corrected chi connectivity index (χ0v) is 24.2. The van der Waals surface area contributed by atoms with Crippen LogP contribution in [0.2, 0.25) is 0 Å². The van der Waals surface area contributed by atoms with Crippen molar-refractivity contribution in [2.75, 3.05) is 26.4 Å². The van der Waals surface area contributed by atoms with Crippen LogP contribution in [0.15, 0.2) is 0 Å². The summed E-state index contributed by atoms with van der Waals surface area (Å²) in [5.74, 6) is -1.92. The Hall–Kier alpha value is -0.760. The lowest BCUT2D eigenvalue weighted by atomic mass is 9.90. The van der Waals surface area contributed by atoms with E-state index in [2.05, 4.69) is 0 Å². The number of aliphatic hydroxyl groups is 10. The third-order valence-electron chi connectivity index (χ3n) is 9.42. The Bertz CT molecular complexity index is 1010. The van der Waals surface area contributed by atoms with E-state index in [1.807, 2.05) is 0 Å². The molecule has 20 atom stereocenters. The van der Waals surface area contributed by atoms with Crippen molar-refractivity contribution in [3.8, 4) is 0 Å². The lowest BCUT2D eigenvalue weighted by Crippen LogP contribution is -2.69. The zero-order valence-electron chi connectivity index (χ0n) is 24.2. The molecule has 0 radical (unpaired) electrons. The van der Waals surface area contributed by atoms with Crippen LogP contribution in [0.5, 0.6) is 0 Å². The second kappa shape index (κ2) is 13.3. The van der Waals surface area contributed by atoms with Crippen LogP contribution < -0.4 is 0 Å². The van der Waals surface area contributed by atoms with Gasteiger partial charge in [0.1, 0.15) is 97.7 Å². The highest BCUT2D eigenvalue weighted by Crippen LogP contribution is 2.42. The SMILES string of the molecule is CC[C@@]1(O[C@@H]2[C@H]3OC[C@@H]2O[C@@H](O[C@@H]2[C@@H](O)[C@H](O[C@@H]4[C@H]5OC[C@@H]4O[C@@H](O)[C@H]5O)O[C@H](CO)[C@H]2O)[C@H]3O)O[C@H](CO)[C@H](O)[C@H](O)[C@H]1O. The number of hydrogen-bond donors (Lipinski definition) is 10. The molecule has 19 nitrogen and oxygen atoms in total. The van der Waals surface area contributed by atoms with Crippen molar-refractivity contribution in [3.05, 3.63) is 0 Å². The first kappa shape index (κ1) is 34.1. The molecule has 0 aromatic heterocycles. The van der Waals surface area contributed by atoms with E-state index in [0.29, 0.717) is 0 Å². The van der Waals surface area contributed by atoms with Gasteiger partial charge in [-0.2, -0.15) is 0 Å². The van der Waals surface area contributed by atoms with Gasteiger partial charge in [0.2, 0.25) is 0 Å². The Morgan fingerprint density at radius 1 is 0.622 bits per heavy atom. The first-order valence-corrected chi connectivity index (χ1v) is 15.0. The van der Waals surface area contributed by atoms with Crippen LogP contribution in [-0.4, -0.2) is 200 Å². The van der Waals surface area contributed by atoms with Crippen molar-refractivity contribution in [1.29, 1.82) is 0 Å². The maximum absolute atomic E-state index is 11.2. The van der Waals surface area contributed by atoms with Gasteiger partial charge in [-0.15, -0.1) is 0 Å². The molecule has 0 aliphatic carbocycles. The lowest BCUT2D eigenvalue weighted by Gasteiger charge is -2.51. The molecular weight excluding hydrogens is 616 g/mol. The van der Waals surface area contributed by atoms with Gasteiger partial charge in [0.15, 0.2) is 24.7 Å². The Balaban J connectivity index is 1.15. The van der Waals surface area contributed by atoms with Crippen LogP contribution in [0.1, 0.15) is 13.3 Å². The smallest absolute Gasteiger partial charge is 0.197 e. The van der Waals surface area contributed by atoms with Crippen LogP contribution in [0.25, 0.3) is 0 Å². The molecule has 10 N–H and O–H groups in total. The van der Waals surface area contributed by atoms with E-state index in [9.17, 15) is 51.1 Å². The molecule has 6 fully saturated rings. The molecule has 19 heteroatoms. The Labute approximate surface area is 256 Å². The summed E-state index contributed by atoms with van der Waals surface area (Å²) >= 11 is 0. The quantitative estimate of drug-likeness (QED) is 0.110. The molecule has 0 spiro atoms. The minimum absolute atomic E-state index is 0.0199. The molecule has 0 amide bonds. The molecule has 6 heterocycles. The predicted molar refractivity (Wildman–Crippen MR) is 136 cm³/mol. The molecule has 0 unspecified atom stereocenters. The fourth-order valence-corrected chi connectivity index (χ4v) is 6.83. The molecule has 0 aromatic carbocycles. The first-order chi connectivity index (χ1) is 21.4. The van der Waals surface area contributed by atoms with Gasteiger partial charge in [-0.1, -0.05) is 6.92 Å². The van der Waals surface area contributed by atoms with Crippen LogP contribution in [0, 0.1) is 0 Å². The number of aliphatic hydroxyl groups excluding tert-OH is 10. The molecule has 4 bridgehead atoms. The van der Waals surface area contributed by atoms with Crippen LogP contribution >= 0.6 is 0 Å². The van der Waals surface area contributed by atoms with E-state index in [0.717, 1.165) is 0 Å². The summed E-state index contributed by atoms with van der Waals surface area (Å²) in [5, 5.41) is 104. The standard InChI is InChI=1S/C26H42O19/c1-2-26(22(35)13(31)11(29)8(4-28)44-26)45-18-10-6-38-21(18)16(34)25(41-10)43-19-12(30)7(3-27)40-24(15(19)33)42-17-9-5-37-20(17)14(32)23(36)39-9/h7-25,27-36H,2-6H2,1H3/t7-,8-,9+,10+,11+,12-,13+,14+,15-,16+,17+,18+,19+,20+,21+,22-,23-,24+,25+,26+/m1/s1. The van der Waals surface area contributed by atoms with E-state index in [-0.39, 0.29) is 19.6 Å². The van der Waals surface area contributed by atoms with E-state index < -0.39 is 136 Å². The van der Waals surface area contributed by atoms with Gasteiger partial charge in [0.25, 0.3) is 0 Å². The van der Waals surface area contributed by atoms with Crippen LogP contribution in [-0.2, 0) is 42.6 Å².